The van der Waals surface area contributed by atoms with Gasteiger partial charge in [-0.15, -0.1) is 0 Å². The van der Waals surface area contributed by atoms with Crippen molar-refractivity contribution in [1.29, 1.82) is 5.41 Å². The van der Waals surface area contributed by atoms with Crippen LogP contribution in [0, 0.1) is 10.8 Å². The molecule has 0 aromatic heterocycles. The SMILES string of the molecule is CC1(C)CCC(C=N)=C(N)C1. The van der Waals surface area contributed by atoms with Gasteiger partial charge in [-0.3, -0.25) is 0 Å². The van der Waals surface area contributed by atoms with E-state index in [1.807, 2.05) is 0 Å². The lowest BCUT2D eigenvalue weighted by Crippen LogP contribution is -2.22. The first-order valence-electron chi connectivity index (χ1n) is 4.03. The van der Waals surface area contributed by atoms with Crippen molar-refractivity contribution >= 4 is 6.21 Å². The van der Waals surface area contributed by atoms with Crippen LogP contribution in [0.3, 0.4) is 0 Å². The topological polar surface area (TPSA) is 49.9 Å². The quantitative estimate of drug-likeness (QED) is 0.555. The fourth-order valence-electron chi connectivity index (χ4n) is 1.52. The molecule has 62 valence electrons. The third-order valence-electron chi connectivity index (χ3n) is 2.33. The van der Waals surface area contributed by atoms with Gasteiger partial charge in [0, 0.05) is 11.9 Å². The van der Waals surface area contributed by atoms with Crippen molar-refractivity contribution in [2.75, 3.05) is 0 Å². The third-order valence-corrected chi connectivity index (χ3v) is 2.33. The van der Waals surface area contributed by atoms with Crippen molar-refractivity contribution in [2.45, 2.75) is 33.1 Å². The molecule has 0 radical (unpaired) electrons. The van der Waals surface area contributed by atoms with Gasteiger partial charge in [0.05, 0.1) is 0 Å². The maximum atomic E-state index is 7.09. The smallest absolute Gasteiger partial charge is 0.0227 e. The number of nitrogens with two attached hydrogens (primary N) is 1. The Morgan fingerprint density at radius 1 is 1.55 bits per heavy atom. The molecule has 0 bridgehead atoms. The van der Waals surface area contributed by atoms with E-state index in [1.165, 1.54) is 6.21 Å². The number of hydrogen-bond donors (Lipinski definition) is 2. The third kappa shape index (κ3) is 1.82. The Morgan fingerprint density at radius 2 is 2.18 bits per heavy atom. The molecule has 0 unspecified atom stereocenters. The van der Waals surface area contributed by atoms with Crippen LogP contribution in [-0.4, -0.2) is 6.21 Å². The van der Waals surface area contributed by atoms with E-state index in [0.717, 1.165) is 30.5 Å². The molecule has 1 aliphatic carbocycles. The molecular formula is C9H16N2. The Morgan fingerprint density at radius 3 is 2.64 bits per heavy atom. The predicted molar refractivity (Wildman–Crippen MR) is 47.6 cm³/mol. The lowest BCUT2D eigenvalue weighted by molar-refractivity contribution is 0.316. The number of hydrogen-bond acceptors (Lipinski definition) is 2. The van der Waals surface area contributed by atoms with Gasteiger partial charge >= 0.3 is 0 Å². The minimum atomic E-state index is 0.344. The highest BCUT2D eigenvalue weighted by Crippen LogP contribution is 2.35. The summed E-state index contributed by atoms with van der Waals surface area (Å²) >= 11 is 0. The Labute approximate surface area is 68.0 Å². The molecule has 3 N–H and O–H groups in total. The van der Waals surface area contributed by atoms with Gasteiger partial charge in [-0.2, -0.15) is 0 Å². The summed E-state index contributed by atoms with van der Waals surface area (Å²) in [7, 11) is 0. The number of nitrogens with one attached hydrogen (secondary N) is 1. The van der Waals surface area contributed by atoms with Gasteiger partial charge in [-0.05, 0) is 30.3 Å². The Kier molecular flexibility index (Phi) is 2.03. The van der Waals surface area contributed by atoms with Gasteiger partial charge in [0.2, 0.25) is 0 Å². The minimum Gasteiger partial charge on any atom is -0.402 e. The van der Waals surface area contributed by atoms with E-state index >= 15 is 0 Å². The molecule has 1 rings (SSSR count). The van der Waals surface area contributed by atoms with Crippen molar-refractivity contribution in [3.8, 4) is 0 Å². The predicted octanol–water partition coefficient (Wildman–Crippen LogP) is 2.06. The Hall–Kier alpha value is -0.790. The highest BCUT2D eigenvalue weighted by Gasteiger charge is 2.24. The van der Waals surface area contributed by atoms with E-state index in [0.29, 0.717) is 5.41 Å². The lowest BCUT2D eigenvalue weighted by Gasteiger charge is -2.30. The highest BCUT2D eigenvalue weighted by molar-refractivity contribution is 5.77. The average Bonchev–Trinajstić information content (AvgIpc) is 1.86. The van der Waals surface area contributed by atoms with Crippen molar-refractivity contribution < 1.29 is 0 Å². The van der Waals surface area contributed by atoms with Crippen LogP contribution in [0.1, 0.15) is 33.1 Å². The van der Waals surface area contributed by atoms with E-state index in [4.69, 9.17) is 11.1 Å². The fourth-order valence-corrected chi connectivity index (χ4v) is 1.52. The van der Waals surface area contributed by atoms with Crippen LogP contribution in [0.15, 0.2) is 11.3 Å². The Bertz CT molecular complexity index is 202. The monoisotopic (exact) mass is 152 g/mol. The van der Waals surface area contributed by atoms with Gasteiger partial charge in [-0.1, -0.05) is 13.8 Å². The van der Waals surface area contributed by atoms with Gasteiger partial charge in [0.25, 0.3) is 0 Å². The summed E-state index contributed by atoms with van der Waals surface area (Å²) in [5.74, 6) is 0. The highest BCUT2D eigenvalue weighted by atomic mass is 14.6. The van der Waals surface area contributed by atoms with Gasteiger partial charge in [0.15, 0.2) is 0 Å². The molecule has 0 aromatic rings. The molecule has 0 amide bonds. The van der Waals surface area contributed by atoms with Crippen LogP contribution >= 0.6 is 0 Å². The zero-order chi connectivity index (χ0) is 8.48. The van der Waals surface area contributed by atoms with Crippen molar-refractivity contribution in [1.82, 2.24) is 0 Å². The summed E-state index contributed by atoms with van der Waals surface area (Å²) < 4.78 is 0. The first-order valence-corrected chi connectivity index (χ1v) is 4.03. The van der Waals surface area contributed by atoms with Crippen molar-refractivity contribution in [2.24, 2.45) is 11.1 Å². The van der Waals surface area contributed by atoms with Gasteiger partial charge < -0.3 is 11.1 Å². The molecule has 0 saturated carbocycles. The normalized spacial score (nSPS) is 23.5. The number of allylic oxidation sites excluding steroid dienone is 2. The van der Waals surface area contributed by atoms with E-state index in [2.05, 4.69) is 13.8 Å². The molecule has 0 aliphatic heterocycles. The van der Waals surface area contributed by atoms with Crippen LogP contribution in [-0.2, 0) is 0 Å². The van der Waals surface area contributed by atoms with E-state index in [1.54, 1.807) is 0 Å². The molecule has 0 atom stereocenters. The molecule has 1 aliphatic rings. The largest absolute Gasteiger partial charge is 0.402 e. The molecule has 0 heterocycles. The summed E-state index contributed by atoms with van der Waals surface area (Å²) in [6.45, 7) is 4.45. The number of rotatable bonds is 1. The van der Waals surface area contributed by atoms with E-state index in [-0.39, 0.29) is 0 Å². The first kappa shape index (κ1) is 8.31. The average molecular weight is 152 g/mol. The zero-order valence-corrected chi connectivity index (χ0v) is 7.28. The maximum Gasteiger partial charge on any atom is 0.0227 e. The van der Waals surface area contributed by atoms with Crippen LogP contribution in [0.25, 0.3) is 0 Å². The molecule has 0 saturated heterocycles. The molecule has 2 nitrogen and oxygen atoms in total. The molecule has 0 aromatic carbocycles. The standard InChI is InChI=1S/C9H16N2/c1-9(2)4-3-7(6-10)8(11)5-9/h6,10H,3-5,11H2,1-2H3. The fraction of sp³-hybridized carbons (Fsp3) is 0.667. The maximum absolute atomic E-state index is 7.09. The van der Waals surface area contributed by atoms with E-state index in [9.17, 15) is 0 Å². The van der Waals surface area contributed by atoms with Crippen LogP contribution in [0.5, 0.6) is 0 Å². The Balaban J connectivity index is 2.79. The first-order chi connectivity index (χ1) is 5.05. The summed E-state index contributed by atoms with van der Waals surface area (Å²) in [6.07, 6.45) is 4.46. The van der Waals surface area contributed by atoms with E-state index < -0.39 is 0 Å². The molecular weight excluding hydrogens is 136 g/mol. The summed E-state index contributed by atoms with van der Waals surface area (Å²) in [5, 5.41) is 7.09. The van der Waals surface area contributed by atoms with Crippen molar-refractivity contribution in [3.63, 3.8) is 0 Å². The van der Waals surface area contributed by atoms with Gasteiger partial charge in [0.1, 0.15) is 0 Å². The van der Waals surface area contributed by atoms with Crippen molar-refractivity contribution in [3.05, 3.63) is 11.3 Å². The molecule has 11 heavy (non-hydrogen) atoms. The summed E-state index contributed by atoms with van der Waals surface area (Å²) in [4.78, 5) is 0. The van der Waals surface area contributed by atoms with Gasteiger partial charge in [-0.25, -0.2) is 0 Å². The summed E-state index contributed by atoms with van der Waals surface area (Å²) in [5.41, 5.74) is 8.08. The minimum absolute atomic E-state index is 0.344. The second kappa shape index (κ2) is 2.68. The second-order valence-corrected chi connectivity index (χ2v) is 4.04. The molecule has 2 heteroatoms. The summed E-state index contributed by atoms with van der Waals surface area (Å²) in [6, 6.07) is 0. The lowest BCUT2D eigenvalue weighted by atomic mass is 9.77. The van der Waals surface area contributed by atoms with Crippen LogP contribution in [0.4, 0.5) is 0 Å². The molecule has 0 spiro atoms. The molecule has 0 fully saturated rings. The van der Waals surface area contributed by atoms with Crippen LogP contribution < -0.4 is 5.73 Å². The van der Waals surface area contributed by atoms with Crippen LogP contribution in [0.2, 0.25) is 0 Å². The second-order valence-electron chi connectivity index (χ2n) is 4.04. The zero-order valence-electron chi connectivity index (χ0n) is 7.28.